The first-order chi connectivity index (χ1) is 24.0. The third-order valence-electron chi connectivity index (χ3n) is 9.46. The summed E-state index contributed by atoms with van der Waals surface area (Å²) in [7, 11) is 1.51. The standard InChI is InChI=1S/C38H51N3O8S/c1-23-14-13-17-27-20-29-36(50-22-32(43)40-29)33(35(27)45)41-31(42)21-28(48-4)18-11-6-5-7-12-19-30(24(2)34(23)44)49-38(47)25(3)39-37(46)26-15-9-8-10-16-26/h5-7,11-12,14,18,20,24-26,28,30,34,44-45H,8-10,13,15-17,19,21-22H2,1-4H3,(H,39,46)(H,40,43)(H,41,42)/b6-5+,12-7+,18-11+,23-14-. The smallest absolute Gasteiger partial charge is 0.328 e. The molecule has 2 bridgehead atoms. The SMILES string of the molecule is COC1/C=C/C=C/C=C/CC(OC(=O)C(C)NC(=O)C2CCCCC2)C(C)C(O)/C(C)=C\CCc2cc3c(c(c2O)NC(=O)C1)SCC(=O)N3. The van der Waals surface area contributed by atoms with E-state index in [1.807, 2.05) is 25.2 Å². The Labute approximate surface area is 299 Å². The molecule has 0 saturated heterocycles. The van der Waals surface area contributed by atoms with Gasteiger partial charge in [0.05, 0.1) is 40.7 Å². The Kier molecular flexibility index (Phi) is 14.7. The van der Waals surface area contributed by atoms with E-state index in [9.17, 15) is 29.4 Å². The fraction of sp³-hybridized carbons (Fsp3) is 0.526. The number of phenols is 1. The third-order valence-corrected chi connectivity index (χ3v) is 10.6. The van der Waals surface area contributed by atoms with Crippen LogP contribution in [0.5, 0.6) is 5.75 Å². The number of aryl methyl sites for hydroxylation is 1. The van der Waals surface area contributed by atoms with Crippen molar-refractivity contribution in [2.24, 2.45) is 11.8 Å². The third kappa shape index (κ3) is 10.8. The number of anilines is 2. The van der Waals surface area contributed by atoms with Crippen molar-refractivity contribution in [3.63, 3.8) is 0 Å². The highest BCUT2D eigenvalue weighted by Crippen LogP contribution is 2.45. The van der Waals surface area contributed by atoms with Gasteiger partial charge in [0.25, 0.3) is 0 Å². The quantitative estimate of drug-likeness (QED) is 0.111. The molecule has 0 spiro atoms. The average Bonchev–Trinajstić information content (AvgIpc) is 3.10. The lowest BCUT2D eigenvalue weighted by atomic mass is 9.88. The van der Waals surface area contributed by atoms with E-state index >= 15 is 0 Å². The van der Waals surface area contributed by atoms with Gasteiger partial charge in [-0.1, -0.05) is 68.7 Å². The molecule has 2 heterocycles. The molecule has 11 nitrogen and oxygen atoms in total. The van der Waals surface area contributed by atoms with Gasteiger partial charge in [0.2, 0.25) is 17.7 Å². The van der Waals surface area contributed by atoms with Gasteiger partial charge in [-0.05, 0) is 56.7 Å². The zero-order valence-corrected chi connectivity index (χ0v) is 30.2. The maximum atomic E-state index is 13.2. The molecule has 1 fully saturated rings. The maximum absolute atomic E-state index is 13.2. The summed E-state index contributed by atoms with van der Waals surface area (Å²) in [6.45, 7) is 5.24. The lowest BCUT2D eigenvalue weighted by molar-refractivity contribution is -0.156. The average molecular weight is 710 g/mol. The van der Waals surface area contributed by atoms with Crippen molar-refractivity contribution in [1.29, 1.82) is 0 Å². The van der Waals surface area contributed by atoms with Crippen molar-refractivity contribution in [2.45, 2.75) is 108 Å². The number of ether oxygens (including phenoxy) is 2. The summed E-state index contributed by atoms with van der Waals surface area (Å²) in [5, 5.41) is 31.2. The van der Waals surface area contributed by atoms with Crippen LogP contribution in [0, 0.1) is 11.8 Å². The molecule has 5 N–H and O–H groups in total. The van der Waals surface area contributed by atoms with Crippen molar-refractivity contribution in [1.82, 2.24) is 5.32 Å². The highest BCUT2D eigenvalue weighted by Gasteiger charge is 2.31. The second-order valence-electron chi connectivity index (χ2n) is 13.3. The van der Waals surface area contributed by atoms with Crippen LogP contribution in [0.4, 0.5) is 11.4 Å². The number of fused-ring (bicyclic) bond motifs is 4. The number of amides is 3. The molecule has 3 aliphatic rings. The van der Waals surface area contributed by atoms with E-state index in [-0.39, 0.29) is 47.3 Å². The van der Waals surface area contributed by atoms with Gasteiger partial charge in [-0.2, -0.15) is 0 Å². The molecule has 0 aromatic heterocycles. The van der Waals surface area contributed by atoms with Crippen LogP contribution in [0.1, 0.15) is 77.7 Å². The molecule has 12 heteroatoms. The lowest BCUT2D eigenvalue weighted by Crippen LogP contribution is -2.45. The number of esters is 1. The first kappa shape index (κ1) is 38.9. The van der Waals surface area contributed by atoms with Crippen LogP contribution >= 0.6 is 11.8 Å². The van der Waals surface area contributed by atoms with Crippen molar-refractivity contribution < 1.29 is 38.9 Å². The van der Waals surface area contributed by atoms with Gasteiger partial charge in [-0.3, -0.25) is 14.4 Å². The second-order valence-corrected chi connectivity index (χ2v) is 14.2. The van der Waals surface area contributed by atoms with Gasteiger partial charge < -0.3 is 35.6 Å². The van der Waals surface area contributed by atoms with E-state index in [0.717, 1.165) is 32.1 Å². The topological polar surface area (TPSA) is 163 Å². The summed E-state index contributed by atoms with van der Waals surface area (Å²) in [6.07, 6.45) is 16.3. The molecule has 3 amide bonds. The lowest BCUT2D eigenvalue weighted by Gasteiger charge is -2.29. The van der Waals surface area contributed by atoms with Crippen LogP contribution < -0.4 is 16.0 Å². The van der Waals surface area contributed by atoms with E-state index < -0.39 is 36.2 Å². The van der Waals surface area contributed by atoms with Crippen molar-refractivity contribution >= 4 is 46.8 Å². The Bertz CT molecular complexity index is 1510. The van der Waals surface area contributed by atoms with E-state index in [2.05, 4.69) is 16.0 Å². The number of aromatic hydroxyl groups is 1. The first-order valence-electron chi connectivity index (χ1n) is 17.5. The number of nitrogens with one attached hydrogen (secondary N) is 3. The molecule has 1 aromatic carbocycles. The van der Waals surface area contributed by atoms with Crippen LogP contribution in [0.3, 0.4) is 0 Å². The minimum atomic E-state index is -0.949. The Hall–Kier alpha value is -3.87. The Morgan fingerprint density at radius 2 is 1.80 bits per heavy atom. The number of thioether (sulfide) groups is 1. The Morgan fingerprint density at radius 3 is 2.54 bits per heavy atom. The molecular formula is C38H51N3O8S. The number of phenolic OH excluding ortho intramolecular Hbond substituents is 1. The van der Waals surface area contributed by atoms with Gasteiger partial charge in [0, 0.05) is 25.4 Å². The zero-order valence-electron chi connectivity index (χ0n) is 29.4. The maximum Gasteiger partial charge on any atom is 0.328 e. The molecule has 5 atom stereocenters. The molecule has 50 heavy (non-hydrogen) atoms. The van der Waals surface area contributed by atoms with Crippen molar-refractivity contribution in [3.05, 3.63) is 59.7 Å². The number of aliphatic hydroxyl groups is 1. The molecule has 272 valence electrons. The number of rotatable bonds is 5. The zero-order chi connectivity index (χ0) is 36.2. The minimum absolute atomic E-state index is 0.00354. The number of carbonyl (C=O) groups is 4. The van der Waals surface area contributed by atoms with Gasteiger partial charge in [-0.25, -0.2) is 4.79 Å². The summed E-state index contributed by atoms with van der Waals surface area (Å²) in [5.74, 6) is -1.73. The molecule has 1 saturated carbocycles. The van der Waals surface area contributed by atoms with Crippen LogP contribution in [0.2, 0.25) is 0 Å². The normalized spacial score (nSPS) is 27.8. The van der Waals surface area contributed by atoms with Gasteiger partial charge >= 0.3 is 5.97 Å². The summed E-state index contributed by atoms with van der Waals surface area (Å²) in [5.41, 5.74) is 1.94. The minimum Gasteiger partial charge on any atom is -0.505 e. The fourth-order valence-corrected chi connectivity index (χ4v) is 7.27. The van der Waals surface area contributed by atoms with E-state index in [4.69, 9.17) is 9.47 Å². The molecule has 1 aromatic rings. The summed E-state index contributed by atoms with van der Waals surface area (Å²) < 4.78 is 11.4. The number of benzene rings is 1. The van der Waals surface area contributed by atoms with Crippen molar-refractivity contribution in [3.8, 4) is 5.75 Å². The van der Waals surface area contributed by atoms with Crippen LogP contribution in [-0.4, -0.2) is 71.1 Å². The second kappa shape index (κ2) is 18.9. The number of hydrogen-bond acceptors (Lipinski definition) is 9. The Morgan fingerprint density at radius 1 is 1.06 bits per heavy atom. The largest absolute Gasteiger partial charge is 0.505 e. The monoisotopic (exact) mass is 709 g/mol. The van der Waals surface area contributed by atoms with E-state index in [1.165, 1.54) is 18.9 Å². The van der Waals surface area contributed by atoms with Crippen molar-refractivity contribution in [2.75, 3.05) is 23.5 Å². The van der Waals surface area contributed by atoms with Crippen LogP contribution in [0.15, 0.2) is 59.1 Å². The number of allylic oxidation sites excluding steroid dienone is 5. The number of aliphatic hydroxyl groups excluding tert-OH is 1. The molecule has 1 aliphatic carbocycles. The molecule has 0 radical (unpaired) electrons. The highest BCUT2D eigenvalue weighted by molar-refractivity contribution is 8.00. The van der Waals surface area contributed by atoms with Crippen LogP contribution in [-0.2, 0) is 35.1 Å². The summed E-state index contributed by atoms with van der Waals surface area (Å²) in [6, 6.07) is 0.877. The Balaban J connectivity index is 1.57. The van der Waals surface area contributed by atoms with Gasteiger partial charge in [0.1, 0.15) is 17.9 Å². The van der Waals surface area contributed by atoms with Crippen LogP contribution in [0.25, 0.3) is 0 Å². The van der Waals surface area contributed by atoms with E-state index in [0.29, 0.717) is 41.0 Å². The number of methoxy groups -OCH3 is 1. The molecule has 2 aliphatic heterocycles. The molecule has 4 rings (SSSR count). The van der Waals surface area contributed by atoms with Gasteiger partial charge in [-0.15, -0.1) is 11.8 Å². The van der Waals surface area contributed by atoms with E-state index in [1.54, 1.807) is 44.2 Å². The summed E-state index contributed by atoms with van der Waals surface area (Å²) >= 11 is 1.24. The summed E-state index contributed by atoms with van der Waals surface area (Å²) in [4.78, 5) is 51.9. The highest BCUT2D eigenvalue weighted by atomic mass is 32.2. The van der Waals surface area contributed by atoms with Gasteiger partial charge in [0.15, 0.2) is 0 Å². The first-order valence-corrected chi connectivity index (χ1v) is 18.5. The molecule has 5 unspecified atom stereocenters. The predicted octanol–water partition coefficient (Wildman–Crippen LogP) is 5.73. The molecular weight excluding hydrogens is 658 g/mol. The number of carbonyl (C=O) groups excluding carboxylic acids is 4. The fourth-order valence-electron chi connectivity index (χ4n) is 6.37. The predicted molar refractivity (Wildman–Crippen MR) is 195 cm³/mol. The number of hydrogen-bond donors (Lipinski definition) is 5.